The van der Waals surface area contributed by atoms with Crippen LogP contribution in [0.1, 0.15) is 58.3 Å². The zero-order valence-electron chi connectivity index (χ0n) is 17.4. The summed E-state index contributed by atoms with van der Waals surface area (Å²) in [5, 5.41) is 12.5. The predicted molar refractivity (Wildman–Crippen MR) is 119 cm³/mol. The van der Waals surface area contributed by atoms with Crippen LogP contribution in [0.15, 0.2) is 58.8 Å². The molecule has 0 fully saturated rings. The van der Waals surface area contributed by atoms with Gasteiger partial charge in [-0.15, -0.1) is 5.10 Å². The fourth-order valence-corrected chi connectivity index (χ4v) is 4.25. The Morgan fingerprint density at radius 1 is 0.867 bits per heavy atom. The molecule has 0 amide bonds. The first-order chi connectivity index (χ1) is 14.7. The van der Waals surface area contributed by atoms with Crippen LogP contribution in [0.4, 0.5) is 0 Å². The van der Waals surface area contributed by atoms with Crippen molar-refractivity contribution in [3.05, 3.63) is 53.6 Å². The molecule has 0 aliphatic heterocycles. The van der Waals surface area contributed by atoms with Crippen molar-refractivity contribution in [1.82, 2.24) is 20.2 Å². The predicted octanol–water partition coefficient (Wildman–Crippen LogP) is 4.90. The number of thioether (sulfide) groups is 1. The number of rotatable bonds is 12. The lowest BCUT2D eigenvalue weighted by Gasteiger charge is -2.12. The summed E-state index contributed by atoms with van der Waals surface area (Å²) in [6.45, 7) is 2.20. The molecule has 1 aromatic carbocycles. The third kappa shape index (κ3) is 6.23. The largest absolute Gasteiger partial charge is 0.290 e. The minimum Gasteiger partial charge on any atom is -0.290 e. The highest BCUT2D eigenvalue weighted by atomic mass is 32.2. The average molecular weight is 425 g/mol. The van der Waals surface area contributed by atoms with Gasteiger partial charge in [0.25, 0.3) is 0 Å². The van der Waals surface area contributed by atoms with Gasteiger partial charge in [0.2, 0.25) is 5.16 Å². The number of carbonyl (C=O) groups excluding carboxylic acids is 2. The summed E-state index contributed by atoms with van der Waals surface area (Å²) < 4.78 is 1.67. The number of tetrazole rings is 1. The lowest BCUT2D eigenvalue weighted by atomic mass is 9.92. The van der Waals surface area contributed by atoms with Gasteiger partial charge in [0.05, 0.1) is 5.69 Å². The summed E-state index contributed by atoms with van der Waals surface area (Å²) in [7, 11) is 0. The number of allylic oxidation sites excluding steroid dienone is 4. The number of hydrogen-bond acceptors (Lipinski definition) is 6. The van der Waals surface area contributed by atoms with E-state index in [1.807, 2.05) is 30.3 Å². The number of nitrogens with zero attached hydrogens (tertiary/aromatic N) is 4. The Hall–Kier alpha value is -2.54. The van der Waals surface area contributed by atoms with Gasteiger partial charge in [-0.2, -0.15) is 4.68 Å². The van der Waals surface area contributed by atoms with Crippen molar-refractivity contribution in [3.63, 3.8) is 0 Å². The third-order valence-electron chi connectivity index (χ3n) is 5.09. The molecule has 0 N–H and O–H groups in total. The maximum atomic E-state index is 12.5. The molecule has 0 saturated carbocycles. The van der Waals surface area contributed by atoms with Gasteiger partial charge >= 0.3 is 0 Å². The molecule has 1 aromatic heterocycles. The normalized spacial score (nSPS) is 14.0. The standard InChI is InChI=1S/C23H28N4O2S/c1-2-3-4-5-6-8-11-18-16-22(29)19(17-21(18)28)14-15-30-23-24-25-26-27(23)20-12-9-7-10-13-20/h7,9-10,12-13,16-17H,2-6,8,11,14-15H2,1H3. The molecule has 30 heavy (non-hydrogen) atoms. The van der Waals surface area contributed by atoms with E-state index in [-0.39, 0.29) is 11.6 Å². The fourth-order valence-electron chi connectivity index (χ4n) is 3.38. The number of hydrogen-bond donors (Lipinski definition) is 0. The van der Waals surface area contributed by atoms with E-state index in [1.165, 1.54) is 43.5 Å². The molecular formula is C23H28N4O2S. The molecule has 0 saturated heterocycles. The zero-order chi connectivity index (χ0) is 21.2. The maximum Gasteiger partial charge on any atom is 0.214 e. The first kappa shape index (κ1) is 22.2. The molecule has 3 rings (SSSR count). The molecule has 6 nitrogen and oxygen atoms in total. The Morgan fingerprint density at radius 2 is 1.53 bits per heavy atom. The van der Waals surface area contributed by atoms with Crippen molar-refractivity contribution in [1.29, 1.82) is 0 Å². The van der Waals surface area contributed by atoms with Crippen LogP contribution < -0.4 is 0 Å². The van der Waals surface area contributed by atoms with E-state index in [9.17, 15) is 9.59 Å². The van der Waals surface area contributed by atoms with E-state index >= 15 is 0 Å². The smallest absolute Gasteiger partial charge is 0.214 e. The quantitative estimate of drug-likeness (QED) is 0.274. The number of para-hydroxylation sites is 1. The van der Waals surface area contributed by atoms with Crippen LogP contribution in [-0.4, -0.2) is 37.5 Å². The molecule has 0 spiro atoms. The zero-order valence-corrected chi connectivity index (χ0v) is 18.2. The van der Waals surface area contributed by atoms with Crippen LogP contribution in [-0.2, 0) is 9.59 Å². The van der Waals surface area contributed by atoms with Crippen LogP contribution in [0.5, 0.6) is 0 Å². The summed E-state index contributed by atoms with van der Waals surface area (Å²) in [5.41, 5.74) is 2.10. The Labute approximate surface area is 181 Å². The number of benzene rings is 1. The third-order valence-corrected chi connectivity index (χ3v) is 6.01. The second kappa shape index (κ2) is 11.6. The highest BCUT2D eigenvalue weighted by molar-refractivity contribution is 7.99. The highest BCUT2D eigenvalue weighted by Crippen LogP contribution is 2.24. The van der Waals surface area contributed by atoms with E-state index in [4.69, 9.17) is 0 Å². The lowest BCUT2D eigenvalue weighted by molar-refractivity contribution is -0.115. The van der Waals surface area contributed by atoms with Gasteiger partial charge < -0.3 is 0 Å². The Morgan fingerprint density at radius 3 is 2.27 bits per heavy atom. The highest BCUT2D eigenvalue weighted by Gasteiger charge is 2.20. The Bertz CT molecular complexity index is 918. The molecule has 1 heterocycles. The number of unbranched alkanes of at least 4 members (excludes halogenated alkanes) is 5. The summed E-state index contributed by atoms with van der Waals surface area (Å²) in [6, 6.07) is 9.66. The Balaban J connectivity index is 1.47. The topological polar surface area (TPSA) is 77.7 Å². The van der Waals surface area contributed by atoms with Gasteiger partial charge in [-0.05, 0) is 54.0 Å². The van der Waals surface area contributed by atoms with Gasteiger partial charge in [0.1, 0.15) is 0 Å². The summed E-state index contributed by atoms with van der Waals surface area (Å²) >= 11 is 1.47. The molecule has 0 bridgehead atoms. The van der Waals surface area contributed by atoms with Crippen LogP contribution in [0.3, 0.4) is 0 Å². The molecular weight excluding hydrogens is 396 g/mol. The first-order valence-electron chi connectivity index (χ1n) is 10.7. The van der Waals surface area contributed by atoms with Crippen molar-refractivity contribution >= 4 is 23.3 Å². The second-order valence-corrected chi connectivity index (χ2v) is 8.45. The summed E-state index contributed by atoms with van der Waals surface area (Å²) in [5.74, 6) is 0.565. The average Bonchev–Trinajstić information content (AvgIpc) is 3.23. The van der Waals surface area contributed by atoms with E-state index in [1.54, 1.807) is 10.8 Å². The molecule has 0 radical (unpaired) electrons. The molecule has 0 atom stereocenters. The number of aromatic nitrogens is 4. The van der Waals surface area contributed by atoms with Crippen LogP contribution in [0, 0.1) is 0 Å². The Kier molecular flexibility index (Phi) is 8.56. The van der Waals surface area contributed by atoms with Crippen LogP contribution in [0.25, 0.3) is 5.69 Å². The minimum absolute atomic E-state index is 0.0164. The summed E-state index contributed by atoms with van der Waals surface area (Å²) in [6.07, 6.45) is 11.3. The van der Waals surface area contributed by atoms with Crippen molar-refractivity contribution in [2.75, 3.05) is 5.75 Å². The van der Waals surface area contributed by atoms with Crippen LogP contribution >= 0.6 is 11.8 Å². The van der Waals surface area contributed by atoms with Crippen molar-refractivity contribution in [2.24, 2.45) is 0 Å². The van der Waals surface area contributed by atoms with Gasteiger partial charge in [0, 0.05) is 16.9 Å². The van der Waals surface area contributed by atoms with Gasteiger partial charge in [-0.1, -0.05) is 69.0 Å². The molecule has 0 unspecified atom stereocenters. The molecule has 7 heteroatoms. The monoisotopic (exact) mass is 424 g/mol. The second-order valence-electron chi connectivity index (χ2n) is 7.39. The minimum atomic E-state index is -0.0427. The number of carbonyl (C=O) groups is 2. The first-order valence-corrected chi connectivity index (χ1v) is 11.6. The van der Waals surface area contributed by atoms with Crippen molar-refractivity contribution in [3.8, 4) is 5.69 Å². The van der Waals surface area contributed by atoms with E-state index < -0.39 is 0 Å². The number of ketones is 2. The van der Waals surface area contributed by atoms with Crippen LogP contribution in [0.2, 0.25) is 0 Å². The molecule has 1 aliphatic rings. The van der Waals surface area contributed by atoms with Gasteiger partial charge in [0.15, 0.2) is 11.6 Å². The van der Waals surface area contributed by atoms with Gasteiger partial charge in [-0.3, -0.25) is 9.59 Å². The van der Waals surface area contributed by atoms with Gasteiger partial charge in [-0.25, -0.2) is 0 Å². The van der Waals surface area contributed by atoms with Crippen molar-refractivity contribution < 1.29 is 9.59 Å². The SMILES string of the molecule is CCCCCCCCC1=CC(=O)C(CCSc2nnnn2-c2ccccc2)=CC1=O. The van der Waals surface area contributed by atoms with E-state index in [0.29, 0.717) is 34.9 Å². The van der Waals surface area contributed by atoms with E-state index in [0.717, 1.165) is 18.5 Å². The molecule has 158 valence electrons. The lowest BCUT2D eigenvalue weighted by Crippen LogP contribution is -2.14. The maximum absolute atomic E-state index is 12.5. The van der Waals surface area contributed by atoms with E-state index in [2.05, 4.69) is 22.4 Å². The molecule has 2 aromatic rings. The fraction of sp³-hybridized carbons (Fsp3) is 0.435. The molecule has 1 aliphatic carbocycles. The summed E-state index contributed by atoms with van der Waals surface area (Å²) in [4.78, 5) is 24.9. The van der Waals surface area contributed by atoms with Crippen molar-refractivity contribution in [2.45, 2.75) is 63.4 Å².